The number of nitrogens with zero attached hydrogens (tertiary/aromatic N) is 5. The molecular formula is C19H14N6O. The molecule has 7 nitrogen and oxygen atoms in total. The summed E-state index contributed by atoms with van der Waals surface area (Å²) in [5.41, 5.74) is 3.47. The van der Waals surface area contributed by atoms with E-state index in [0.29, 0.717) is 0 Å². The highest BCUT2D eigenvalue weighted by molar-refractivity contribution is 6.14. The van der Waals surface area contributed by atoms with Gasteiger partial charge in [0.15, 0.2) is 0 Å². The fraction of sp³-hybridized carbons (Fsp3) is 0.0526. The maximum absolute atomic E-state index is 5.22. The van der Waals surface area contributed by atoms with Crippen LogP contribution < -0.4 is 10.1 Å². The van der Waals surface area contributed by atoms with Gasteiger partial charge in [0.05, 0.1) is 29.7 Å². The molecule has 0 amide bonds. The summed E-state index contributed by atoms with van der Waals surface area (Å²) in [5.74, 6) is 1.53. The Morgan fingerprint density at radius 2 is 1.85 bits per heavy atom. The van der Waals surface area contributed by atoms with Gasteiger partial charge in [-0.2, -0.15) is 5.10 Å². The second kappa shape index (κ2) is 5.66. The molecule has 0 radical (unpaired) electrons. The lowest BCUT2D eigenvalue weighted by Gasteiger charge is -2.09. The summed E-state index contributed by atoms with van der Waals surface area (Å²) in [4.78, 5) is 13.3. The zero-order valence-electron chi connectivity index (χ0n) is 13.9. The molecule has 4 aromatic heterocycles. The Balaban J connectivity index is 1.78. The molecule has 126 valence electrons. The van der Waals surface area contributed by atoms with Crippen molar-refractivity contribution in [2.24, 2.45) is 0 Å². The fourth-order valence-corrected chi connectivity index (χ4v) is 3.07. The van der Waals surface area contributed by atoms with Gasteiger partial charge in [-0.15, -0.1) is 0 Å². The Morgan fingerprint density at radius 1 is 1.00 bits per heavy atom. The minimum absolute atomic E-state index is 0.729. The first-order chi connectivity index (χ1) is 12.8. The number of aromatic nitrogens is 5. The van der Waals surface area contributed by atoms with Crippen LogP contribution in [0.25, 0.3) is 27.3 Å². The SMILES string of the molecule is COc1ccc(Nc2nc3ccncc3c3nn4ccncc4c23)cc1. The Labute approximate surface area is 148 Å². The average molecular weight is 342 g/mol. The first-order valence-electron chi connectivity index (χ1n) is 8.10. The molecule has 0 saturated carbocycles. The van der Waals surface area contributed by atoms with Crippen molar-refractivity contribution in [3.05, 3.63) is 61.3 Å². The van der Waals surface area contributed by atoms with Crippen LogP contribution in [0.1, 0.15) is 0 Å². The number of anilines is 2. The van der Waals surface area contributed by atoms with Crippen molar-refractivity contribution < 1.29 is 4.74 Å². The third-order valence-electron chi connectivity index (χ3n) is 4.31. The van der Waals surface area contributed by atoms with Crippen LogP contribution in [-0.2, 0) is 0 Å². The van der Waals surface area contributed by atoms with Crippen LogP contribution in [0.5, 0.6) is 5.75 Å². The number of nitrogens with one attached hydrogen (secondary N) is 1. The molecule has 5 rings (SSSR count). The lowest BCUT2D eigenvalue weighted by molar-refractivity contribution is 0.415. The number of fused-ring (bicyclic) bond motifs is 5. The Kier molecular flexibility index (Phi) is 3.18. The van der Waals surface area contributed by atoms with Gasteiger partial charge < -0.3 is 10.1 Å². The predicted octanol–water partition coefficient (Wildman–Crippen LogP) is 3.58. The highest BCUT2D eigenvalue weighted by atomic mass is 16.5. The first kappa shape index (κ1) is 14.6. The molecule has 26 heavy (non-hydrogen) atoms. The highest BCUT2D eigenvalue weighted by Gasteiger charge is 2.15. The van der Waals surface area contributed by atoms with E-state index in [1.54, 1.807) is 31.9 Å². The molecular weight excluding hydrogens is 328 g/mol. The monoisotopic (exact) mass is 342 g/mol. The van der Waals surface area contributed by atoms with E-state index in [4.69, 9.17) is 14.8 Å². The van der Waals surface area contributed by atoms with E-state index < -0.39 is 0 Å². The number of hydrogen-bond donors (Lipinski definition) is 1. The summed E-state index contributed by atoms with van der Waals surface area (Å²) in [6, 6.07) is 9.60. The molecule has 0 bridgehead atoms. The van der Waals surface area contributed by atoms with E-state index in [2.05, 4.69) is 15.3 Å². The smallest absolute Gasteiger partial charge is 0.142 e. The third kappa shape index (κ3) is 2.21. The van der Waals surface area contributed by atoms with Gasteiger partial charge in [-0.3, -0.25) is 9.97 Å². The molecule has 0 aliphatic carbocycles. The van der Waals surface area contributed by atoms with Gasteiger partial charge in [0.1, 0.15) is 17.1 Å². The molecule has 4 heterocycles. The largest absolute Gasteiger partial charge is 0.497 e. The van der Waals surface area contributed by atoms with Gasteiger partial charge in [-0.05, 0) is 30.3 Å². The molecule has 7 heteroatoms. The van der Waals surface area contributed by atoms with E-state index in [1.807, 2.05) is 41.0 Å². The van der Waals surface area contributed by atoms with Crippen LogP contribution in [0.3, 0.4) is 0 Å². The molecule has 5 aromatic rings. The number of benzene rings is 1. The van der Waals surface area contributed by atoms with Crippen molar-refractivity contribution in [3.63, 3.8) is 0 Å². The normalized spacial score (nSPS) is 11.3. The quantitative estimate of drug-likeness (QED) is 0.540. The molecule has 0 atom stereocenters. The summed E-state index contributed by atoms with van der Waals surface area (Å²) in [5, 5.41) is 9.93. The van der Waals surface area contributed by atoms with E-state index >= 15 is 0 Å². The van der Waals surface area contributed by atoms with Gasteiger partial charge in [0, 0.05) is 35.9 Å². The van der Waals surface area contributed by atoms with Crippen LogP contribution in [0, 0.1) is 0 Å². The zero-order valence-corrected chi connectivity index (χ0v) is 13.9. The van der Waals surface area contributed by atoms with Crippen LogP contribution in [0.2, 0.25) is 0 Å². The standard InChI is InChI=1S/C19H14N6O/c1-26-13-4-2-12(3-5-13)22-19-17-16-11-21-8-9-25(16)24-18(17)14-10-20-7-6-15(14)23-19/h2-11H,1H3,(H,22,23). The zero-order chi connectivity index (χ0) is 17.5. The topological polar surface area (TPSA) is 77.2 Å². The summed E-state index contributed by atoms with van der Waals surface area (Å²) < 4.78 is 7.03. The molecule has 0 unspecified atom stereocenters. The Morgan fingerprint density at radius 3 is 2.69 bits per heavy atom. The van der Waals surface area contributed by atoms with E-state index in [9.17, 15) is 0 Å². The number of pyridine rings is 2. The maximum atomic E-state index is 5.22. The number of ether oxygens (including phenoxy) is 1. The number of methoxy groups -OCH3 is 1. The van der Waals surface area contributed by atoms with Crippen molar-refractivity contribution in [1.82, 2.24) is 24.6 Å². The predicted molar refractivity (Wildman–Crippen MR) is 99.9 cm³/mol. The van der Waals surface area contributed by atoms with Gasteiger partial charge in [0.25, 0.3) is 0 Å². The minimum atomic E-state index is 0.729. The Hall–Kier alpha value is -3.74. The number of hydrogen-bond acceptors (Lipinski definition) is 6. The fourth-order valence-electron chi connectivity index (χ4n) is 3.07. The van der Waals surface area contributed by atoms with Crippen LogP contribution >= 0.6 is 0 Å². The summed E-state index contributed by atoms with van der Waals surface area (Å²) in [7, 11) is 1.65. The first-order valence-corrected chi connectivity index (χ1v) is 8.10. The van der Waals surface area contributed by atoms with Crippen molar-refractivity contribution in [2.75, 3.05) is 12.4 Å². The maximum Gasteiger partial charge on any atom is 0.142 e. The van der Waals surface area contributed by atoms with Gasteiger partial charge in [0.2, 0.25) is 0 Å². The van der Waals surface area contributed by atoms with E-state index in [-0.39, 0.29) is 0 Å². The third-order valence-corrected chi connectivity index (χ3v) is 4.31. The van der Waals surface area contributed by atoms with Crippen LogP contribution in [0.15, 0.2) is 61.3 Å². The summed E-state index contributed by atoms with van der Waals surface area (Å²) in [6.45, 7) is 0. The highest BCUT2D eigenvalue weighted by Crippen LogP contribution is 2.33. The van der Waals surface area contributed by atoms with Crippen molar-refractivity contribution in [3.8, 4) is 5.75 Å². The van der Waals surface area contributed by atoms with Crippen LogP contribution in [-0.4, -0.2) is 31.7 Å². The van der Waals surface area contributed by atoms with Crippen molar-refractivity contribution in [1.29, 1.82) is 0 Å². The molecule has 0 aliphatic heterocycles. The molecule has 0 saturated heterocycles. The average Bonchev–Trinajstić information content (AvgIpc) is 3.09. The van der Waals surface area contributed by atoms with Gasteiger partial charge >= 0.3 is 0 Å². The molecule has 0 spiro atoms. The molecule has 0 fully saturated rings. The van der Waals surface area contributed by atoms with Crippen molar-refractivity contribution in [2.45, 2.75) is 0 Å². The lowest BCUT2D eigenvalue weighted by atomic mass is 10.2. The van der Waals surface area contributed by atoms with Crippen LogP contribution in [0.4, 0.5) is 11.5 Å². The van der Waals surface area contributed by atoms with E-state index in [0.717, 1.165) is 44.6 Å². The molecule has 1 aromatic carbocycles. The molecule has 0 aliphatic rings. The van der Waals surface area contributed by atoms with Crippen molar-refractivity contribution >= 4 is 38.8 Å². The number of rotatable bonds is 3. The second-order valence-corrected chi connectivity index (χ2v) is 5.84. The second-order valence-electron chi connectivity index (χ2n) is 5.84. The van der Waals surface area contributed by atoms with Gasteiger partial charge in [-0.1, -0.05) is 0 Å². The lowest BCUT2D eigenvalue weighted by Crippen LogP contribution is -1.96. The summed E-state index contributed by atoms with van der Waals surface area (Å²) in [6.07, 6.45) is 8.85. The summed E-state index contributed by atoms with van der Waals surface area (Å²) >= 11 is 0. The molecule has 1 N–H and O–H groups in total. The van der Waals surface area contributed by atoms with Gasteiger partial charge in [-0.25, -0.2) is 9.50 Å². The van der Waals surface area contributed by atoms with E-state index in [1.165, 1.54) is 0 Å². The Bertz CT molecular complexity index is 1250. The minimum Gasteiger partial charge on any atom is -0.497 e.